The first-order chi connectivity index (χ1) is 17.2. The Morgan fingerprint density at radius 1 is 1.11 bits per heavy atom. The van der Waals surface area contributed by atoms with Crippen LogP contribution in [0.15, 0.2) is 53.1 Å². The van der Waals surface area contributed by atoms with E-state index in [2.05, 4.69) is 20.7 Å². The number of anilines is 2. The van der Waals surface area contributed by atoms with E-state index in [4.69, 9.17) is 26.0 Å². The van der Waals surface area contributed by atoms with Gasteiger partial charge in [-0.15, -0.1) is 0 Å². The Hall–Kier alpha value is -3.40. The zero-order valence-corrected chi connectivity index (χ0v) is 21.0. The molecule has 1 saturated heterocycles. The number of carbonyl (C=O) groups is 2. The third-order valence-corrected chi connectivity index (χ3v) is 6.40. The quantitative estimate of drug-likeness (QED) is 0.386. The van der Waals surface area contributed by atoms with Crippen LogP contribution in [0.25, 0.3) is 11.3 Å². The summed E-state index contributed by atoms with van der Waals surface area (Å²) in [6, 6.07) is 14.6. The topological polar surface area (TPSA) is 117 Å². The summed E-state index contributed by atoms with van der Waals surface area (Å²) >= 11 is 6.52. The number of carboxylic acid groups (broad SMARTS) is 1. The van der Waals surface area contributed by atoms with Gasteiger partial charge in [-0.05, 0) is 49.7 Å². The van der Waals surface area contributed by atoms with Crippen molar-refractivity contribution in [3.63, 3.8) is 0 Å². The smallest absolute Gasteiger partial charge is 0.304 e. The van der Waals surface area contributed by atoms with Crippen molar-refractivity contribution >= 4 is 34.9 Å². The summed E-state index contributed by atoms with van der Waals surface area (Å²) in [5.41, 5.74) is 2.96. The van der Waals surface area contributed by atoms with Gasteiger partial charge in [0.2, 0.25) is 0 Å². The molecule has 0 saturated carbocycles. The van der Waals surface area contributed by atoms with Gasteiger partial charge in [-0.3, -0.25) is 9.59 Å². The fourth-order valence-electron chi connectivity index (χ4n) is 3.99. The molecule has 9 nitrogen and oxygen atoms in total. The Kier molecular flexibility index (Phi) is 7.93. The number of ether oxygens (including phenoxy) is 1. The summed E-state index contributed by atoms with van der Waals surface area (Å²) in [6.45, 7) is 7.21. The van der Waals surface area contributed by atoms with Crippen LogP contribution >= 0.6 is 11.6 Å². The van der Waals surface area contributed by atoms with Crippen molar-refractivity contribution in [2.24, 2.45) is 0 Å². The first-order valence-corrected chi connectivity index (χ1v) is 12.1. The van der Waals surface area contributed by atoms with Gasteiger partial charge in [0.05, 0.1) is 30.3 Å². The summed E-state index contributed by atoms with van der Waals surface area (Å²) in [5.74, 6) is -0.798. The number of amides is 1. The maximum atomic E-state index is 12.7. The largest absolute Gasteiger partial charge is 0.481 e. The summed E-state index contributed by atoms with van der Waals surface area (Å²) in [6.07, 6.45) is 0.0431. The SMILES string of the molecule is CC(C)(NCCC(=O)O)c1ccc(NC(=O)c2cc(-c3ccc(N4CCOCC4)c(Cl)c3)on2)cc1. The van der Waals surface area contributed by atoms with Gasteiger partial charge in [0.25, 0.3) is 5.91 Å². The molecule has 1 amide bonds. The van der Waals surface area contributed by atoms with Gasteiger partial charge in [0.15, 0.2) is 11.5 Å². The van der Waals surface area contributed by atoms with Crippen LogP contribution in [0.3, 0.4) is 0 Å². The lowest BCUT2D eigenvalue weighted by atomic mass is 9.94. The molecule has 3 N–H and O–H groups in total. The summed E-state index contributed by atoms with van der Waals surface area (Å²) < 4.78 is 10.8. The van der Waals surface area contributed by atoms with E-state index >= 15 is 0 Å². The van der Waals surface area contributed by atoms with Crippen molar-refractivity contribution in [1.29, 1.82) is 0 Å². The van der Waals surface area contributed by atoms with Crippen molar-refractivity contribution in [2.45, 2.75) is 25.8 Å². The van der Waals surface area contributed by atoms with E-state index in [9.17, 15) is 9.59 Å². The van der Waals surface area contributed by atoms with E-state index in [1.807, 2.05) is 38.1 Å². The second-order valence-electron chi connectivity index (χ2n) is 9.07. The van der Waals surface area contributed by atoms with Crippen LogP contribution in [0, 0.1) is 0 Å². The van der Waals surface area contributed by atoms with E-state index in [1.165, 1.54) is 0 Å². The number of rotatable bonds is 9. The minimum absolute atomic E-state index is 0.0431. The van der Waals surface area contributed by atoms with Crippen LogP contribution in [0.4, 0.5) is 11.4 Å². The van der Waals surface area contributed by atoms with Crippen molar-refractivity contribution in [3.8, 4) is 11.3 Å². The number of benzene rings is 2. The van der Waals surface area contributed by atoms with Crippen LogP contribution in [-0.2, 0) is 15.1 Å². The normalized spacial score (nSPS) is 14.0. The molecule has 10 heteroatoms. The lowest BCUT2D eigenvalue weighted by molar-refractivity contribution is -0.136. The predicted octanol–water partition coefficient (Wildman–Crippen LogP) is 4.38. The number of morpholine rings is 1. The molecular weight excluding hydrogens is 484 g/mol. The lowest BCUT2D eigenvalue weighted by Crippen LogP contribution is -2.37. The number of nitrogens with zero attached hydrogens (tertiary/aromatic N) is 2. The van der Waals surface area contributed by atoms with Gasteiger partial charge >= 0.3 is 5.97 Å². The highest BCUT2D eigenvalue weighted by molar-refractivity contribution is 6.33. The zero-order chi connectivity index (χ0) is 25.7. The number of halogens is 1. The zero-order valence-electron chi connectivity index (χ0n) is 20.2. The number of hydrogen-bond donors (Lipinski definition) is 3. The first kappa shape index (κ1) is 25.7. The van der Waals surface area contributed by atoms with Gasteiger partial charge in [-0.25, -0.2) is 0 Å². The fraction of sp³-hybridized carbons (Fsp3) is 0.346. The molecule has 3 aromatic rings. The summed E-state index contributed by atoms with van der Waals surface area (Å²) in [4.78, 5) is 25.7. The molecule has 0 aliphatic carbocycles. The van der Waals surface area contributed by atoms with Gasteiger partial charge in [-0.2, -0.15) is 0 Å². The maximum Gasteiger partial charge on any atom is 0.304 e. The van der Waals surface area contributed by atoms with Gasteiger partial charge in [-0.1, -0.05) is 28.9 Å². The van der Waals surface area contributed by atoms with Gasteiger partial charge in [0, 0.05) is 42.5 Å². The molecule has 1 aliphatic rings. The molecule has 4 rings (SSSR count). The van der Waals surface area contributed by atoms with E-state index < -0.39 is 17.4 Å². The average Bonchev–Trinajstić information content (AvgIpc) is 3.35. The van der Waals surface area contributed by atoms with Crippen molar-refractivity contribution < 1.29 is 24.0 Å². The van der Waals surface area contributed by atoms with Crippen molar-refractivity contribution in [1.82, 2.24) is 10.5 Å². The highest BCUT2D eigenvalue weighted by Crippen LogP contribution is 2.32. The second kappa shape index (κ2) is 11.1. The van der Waals surface area contributed by atoms with E-state index in [0.29, 0.717) is 36.2 Å². The molecule has 0 spiro atoms. The van der Waals surface area contributed by atoms with Crippen LogP contribution in [0.1, 0.15) is 36.3 Å². The number of aromatic nitrogens is 1. The highest BCUT2D eigenvalue weighted by atomic mass is 35.5. The Morgan fingerprint density at radius 3 is 2.50 bits per heavy atom. The molecule has 36 heavy (non-hydrogen) atoms. The number of carbonyl (C=O) groups excluding carboxylic acids is 1. The molecule has 1 aromatic heterocycles. The molecule has 1 aliphatic heterocycles. The van der Waals surface area contributed by atoms with Crippen LogP contribution in [0.2, 0.25) is 5.02 Å². The van der Waals surface area contributed by atoms with E-state index in [-0.39, 0.29) is 12.1 Å². The minimum Gasteiger partial charge on any atom is -0.481 e. The van der Waals surface area contributed by atoms with Crippen molar-refractivity contribution in [2.75, 3.05) is 43.1 Å². The average molecular weight is 513 g/mol. The van der Waals surface area contributed by atoms with Crippen LogP contribution in [0.5, 0.6) is 0 Å². The second-order valence-corrected chi connectivity index (χ2v) is 9.48. The number of carboxylic acids is 1. The molecule has 190 valence electrons. The molecule has 0 atom stereocenters. The molecular formula is C26H29ClN4O5. The van der Waals surface area contributed by atoms with Crippen molar-refractivity contribution in [3.05, 3.63) is 64.8 Å². The lowest BCUT2D eigenvalue weighted by Gasteiger charge is -2.29. The first-order valence-electron chi connectivity index (χ1n) is 11.7. The molecule has 1 fully saturated rings. The van der Waals surface area contributed by atoms with Crippen LogP contribution in [-0.4, -0.2) is 55.0 Å². The molecule has 2 heterocycles. The molecule has 0 bridgehead atoms. The summed E-state index contributed by atoms with van der Waals surface area (Å²) in [5, 5.41) is 19.4. The predicted molar refractivity (Wildman–Crippen MR) is 138 cm³/mol. The Morgan fingerprint density at radius 2 is 1.83 bits per heavy atom. The Balaban J connectivity index is 1.39. The van der Waals surface area contributed by atoms with Gasteiger partial charge < -0.3 is 29.9 Å². The number of aliphatic carboxylic acids is 1. The third-order valence-electron chi connectivity index (χ3n) is 6.10. The minimum atomic E-state index is -0.847. The fourth-order valence-corrected chi connectivity index (χ4v) is 4.29. The highest BCUT2D eigenvalue weighted by Gasteiger charge is 2.21. The number of nitrogens with one attached hydrogen (secondary N) is 2. The van der Waals surface area contributed by atoms with E-state index in [1.54, 1.807) is 24.3 Å². The third kappa shape index (κ3) is 6.23. The Labute approximate surface area is 214 Å². The molecule has 0 radical (unpaired) electrons. The maximum absolute atomic E-state index is 12.7. The molecule has 2 aromatic carbocycles. The summed E-state index contributed by atoms with van der Waals surface area (Å²) in [7, 11) is 0. The monoisotopic (exact) mass is 512 g/mol. The van der Waals surface area contributed by atoms with E-state index in [0.717, 1.165) is 29.9 Å². The van der Waals surface area contributed by atoms with Gasteiger partial charge in [0.1, 0.15) is 0 Å². The standard InChI is InChI=1S/C26H29ClN4O5/c1-26(2,28-10-9-24(32)33)18-4-6-19(7-5-18)29-25(34)21-16-23(36-30-21)17-3-8-22(20(27)15-17)31-11-13-35-14-12-31/h3-8,15-16,28H,9-14H2,1-2H3,(H,29,34)(H,32,33). The molecule has 0 unspecified atom stereocenters. The Bertz CT molecular complexity index is 1220. The number of hydrogen-bond acceptors (Lipinski definition) is 7. The van der Waals surface area contributed by atoms with Crippen LogP contribution < -0.4 is 15.5 Å².